The standard InChI is InChI=1S/C13H18N2O3/c1-9-4-3-5-10(2)13(9)15-8-11(16)14-7-6-12(17)18/h3-5,15H,6-8H2,1-2H3,(H,14,16)(H,17,18). The van der Waals surface area contributed by atoms with Crippen molar-refractivity contribution in [3.8, 4) is 0 Å². The lowest BCUT2D eigenvalue weighted by atomic mass is 10.1. The number of aryl methyl sites for hydroxylation is 2. The minimum atomic E-state index is -0.919. The SMILES string of the molecule is Cc1cccc(C)c1NCC(=O)NCCC(=O)O. The fourth-order valence-electron chi connectivity index (χ4n) is 1.63. The lowest BCUT2D eigenvalue weighted by Gasteiger charge is -2.12. The van der Waals surface area contributed by atoms with Gasteiger partial charge in [-0.15, -0.1) is 0 Å². The van der Waals surface area contributed by atoms with Crippen LogP contribution in [0, 0.1) is 13.8 Å². The second-order valence-electron chi connectivity index (χ2n) is 4.11. The molecule has 0 aliphatic rings. The summed E-state index contributed by atoms with van der Waals surface area (Å²) in [5.41, 5.74) is 3.10. The molecule has 0 fully saturated rings. The van der Waals surface area contributed by atoms with Gasteiger partial charge in [0.2, 0.25) is 5.91 Å². The highest BCUT2D eigenvalue weighted by molar-refractivity contribution is 5.81. The number of anilines is 1. The molecule has 1 aromatic carbocycles. The third kappa shape index (κ3) is 4.45. The molecule has 0 saturated carbocycles. The van der Waals surface area contributed by atoms with Crippen molar-refractivity contribution >= 4 is 17.6 Å². The first-order chi connectivity index (χ1) is 8.50. The molecule has 0 unspecified atom stereocenters. The maximum Gasteiger partial charge on any atom is 0.305 e. The van der Waals surface area contributed by atoms with Crippen molar-refractivity contribution in [2.45, 2.75) is 20.3 Å². The van der Waals surface area contributed by atoms with E-state index in [2.05, 4.69) is 10.6 Å². The summed E-state index contributed by atoms with van der Waals surface area (Å²) in [5.74, 6) is -1.13. The normalized spacial score (nSPS) is 9.89. The number of carboxylic acids is 1. The molecule has 0 aliphatic heterocycles. The van der Waals surface area contributed by atoms with Gasteiger partial charge in [0.1, 0.15) is 0 Å². The minimum absolute atomic E-state index is 0.0604. The lowest BCUT2D eigenvalue weighted by molar-refractivity contribution is -0.136. The van der Waals surface area contributed by atoms with Crippen LogP contribution < -0.4 is 10.6 Å². The van der Waals surface area contributed by atoms with Crippen molar-refractivity contribution in [3.63, 3.8) is 0 Å². The number of hydrogen-bond donors (Lipinski definition) is 3. The van der Waals surface area contributed by atoms with Gasteiger partial charge >= 0.3 is 5.97 Å². The van der Waals surface area contributed by atoms with Crippen LogP contribution in [0.5, 0.6) is 0 Å². The summed E-state index contributed by atoms with van der Waals surface area (Å²) in [5, 5.41) is 14.0. The number of amides is 1. The highest BCUT2D eigenvalue weighted by atomic mass is 16.4. The predicted molar refractivity (Wildman–Crippen MR) is 69.7 cm³/mol. The number of nitrogens with one attached hydrogen (secondary N) is 2. The van der Waals surface area contributed by atoms with Gasteiger partial charge in [0, 0.05) is 12.2 Å². The summed E-state index contributed by atoms with van der Waals surface area (Å²) in [6.45, 7) is 4.24. The molecule has 1 aromatic rings. The van der Waals surface area contributed by atoms with E-state index in [0.717, 1.165) is 16.8 Å². The topological polar surface area (TPSA) is 78.4 Å². The smallest absolute Gasteiger partial charge is 0.305 e. The average Bonchev–Trinajstić information content (AvgIpc) is 2.27. The molecule has 5 nitrogen and oxygen atoms in total. The Bertz CT molecular complexity index is 424. The maximum atomic E-state index is 11.5. The first-order valence-corrected chi connectivity index (χ1v) is 5.79. The quantitative estimate of drug-likeness (QED) is 0.711. The van der Waals surface area contributed by atoms with Crippen molar-refractivity contribution in [1.82, 2.24) is 5.32 Å². The van der Waals surface area contributed by atoms with Gasteiger partial charge < -0.3 is 15.7 Å². The molecule has 0 radical (unpaired) electrons. The first kappa shape index (κ1) is 14.0. The Hall–Kier alpha value is -2.04. The van der Waals surface area contributed by atoms with E-state index in [1.165, 1.54) is 0 Å². The minimum Gasteiger partial charge on any atom is -0.481 e. The van der Waals surface area contributed by atoms with E-state index in [4.69, 9.17) is 5.11 Å². The van der Waals surface area contributed by atoms with Crippen LogP contribution in [-0.2, 0) is 9.59 Å². The molecule has 0 saturated heterocycles. The van der Waals surface area contributed by atoms with E-state index >= 15 is 0 Å². The van der Waals surface area contributed by atoms with Crippen LogP contribution in [0.4, 0.5) is 5.69 Å². The fourth-order valence-corrected chi connectivity index (χ4v) is 1.63. The molecule has 3 N–H and O–H groups in total. The molecule has 5 heteroatoms. The second kappa shape index (κ2) is 6.64. The molecule has 1 rings (SSSR count). The number of carboxylic acid groups (broad SMARTS) is 1. The molecule has 0 aliphatic carbocycles. The molecule has 0 spiro atoms. The van der Waals surface area contributed by atoms with Crippen LogP contribution in [0.1, 0.15) is 17.5 Å². The van der Waals surface area contributed by atoms with E-state index in [1.807, 2.05) is 32.0 Å². The van der Waals surface area contributed by atoms with Gasteiger partial charge in [0.15, 0.2) is 0 Å². The summed E-state index contributed by atoms with van der Waals surface area (Å²) in [4.78, 5) is 21.7. The van der Waals surface area contributed by atoms with Gasteiger partial charge in [-0.05, 0) is 25.0 Å². The molecule has 0 atom stereocenters. The summed E-state index contributed by atoms with van der Waals surface area (Å²) < 4.78 is 0. The number of carbonyl (C=O) groups excluding carboxylic acids is 1. The number of para-hydroxylation sites is 1. The molecule has 0 heterocycles. The highest BCUT2D eigenvalue weighted by Gasteiger charge is 2.05. The van der Waals surface area contributed by atoms with Crippen LogP contribution in [0.3, 0.4) is 0 Å². The Morgan fingerprint density at radius 1 is 1.22 bits per heavy atom. The largest absolute Gasteiger partial charge is 0.481 e. The molecule has 18 heavy (non-hydrogen) atoms. The Morgan fingerprint density at radius 2 is 1.83 bits per heavy atom. The van der Waals surface area contributed by atoms with Crippen LogP contribution in [0.15, 0.2) is 18.2 Å². The van der Waals surface area contributed by atoms with Crippen molar-refractivity contribution in [3.05, 3.63) is 29.3 Å². The lowest BCUT2D eigenvalue weighted by Crippen LogP contribution is -2.31. The second-order valence-corrected chi connectivity index (χ2v) is 4.11. The Balaban J connectivity index is 2.40. The van der Waals surface area contributed by atoms with E-state index in [1.54, 1.807) is 0 Å². The number of carbonyl (C=O) groups is 2. The van der Waals surface area contributed by atoms with Crippen LogP contribution in [-0.4, -0.2) is 30.1 Å². The predicted octanol–water partition coefficient (Wildman–Crippen LogP) is 1.31. The third-order valence-electron chi connectivity index (χ3n) is 2.57. The van der Waals surface area contributed by atoms with Gasteiger partial charge in [-0.25, -0.2) is 0 Å². The molecule has 0 aromatic heterocycles. The Labute approximate surface area is 106 Å². The van der Waals surface area contributed by atoms with Gasteiger partial charge in [-0.2, -0.15) is 0 Å². The Morgan fingerprint density at radius 3 is 2.39 bits per heavy atom. The van der Waals surface area contributed by atoms with Gasteiger partial charge in [0.25, 0.3) is 0 Å². The van der Waals surface area contributed by atoms with E-state index in [0.29, 0.717) is 0 Å². The molecular weight excluding hydrogens is 232 g/mol. The van der Waals surface area contributed by atoms with Crippen molar-refractivity contribution in [2.24, 2.45) is 0 Å². The Kier molecular flexibility index (Phi) is 5.17. The van der Waals surface area contributed by atoms with E-state index in [9.17, 15) is 9.59 Å². The monoisotopic (exact) mass is 250 g/mol. The van der Waals surface area contributed by atoms with E-state index < -0.39 is 5.97 Å². The van der Waals surface area contributed by atoms with Gasteiger partial charge in [-0.1, -0.05) is 18.2 Å². The molecule has 1 amide bonds. The van der Waals surface area contributed by atoms with Crippen molar-refractivity contribution in [1.29, 1.82) is 0 Å². The van der Waals surface area contributed by atoms with Crippen LogP contribution in [0.25, 0.3) is 0 Å². The molecular formula is C13H18N2O3. The summed E-state index contributed by atoms with van der Waals surface area (Å²) in [7, 11) is 0. The van der Waals surface area contributed by atoms with Crippen molar-refractivity contribution < 1.29 is 14.7 Å². The number of aliphatic carboxylic acids is 1. The van der Waals surface area contributed by atoms with Crippen LogP contribution >= 0.6 is 0 Å². The highest BCUT2D eigenvalue weighted by Crippen LogP contribution is 2.18. The average molecular weight is 250 g/mol. The van der Waals surface area contributed by atoms with Gasteiger partial charge in [-0.3, -0.25) is 9.59 Å². The summed E-state index contributed by atoms with van der Waals surface area (Å²) >= 11 is 0. The van der Waals surface area contributed by atoms with Crippen molar-refractivity contribution in [2.75, 3.05) is 18.4 Å². The maximum absolute atomic E-state index is 11.5. The van der Waals surface area contributed by atoms with Gasteiger partial charge in [0.05, 0.1) is 13.0 Å². The van der Waals surface area contributed by atoms with Crippen LogP contribution in [0.2, 0.25) is 0 Å². The summed E-state index contributed by atoms with van der Waals surface area (Å²) in [6.07, 6.45) is -0.0604. The van der Waals surface area contributed by atoms with E-state index in [-0.39, 0.29) is 25.4 Å². The molecule has 98 valence electrons. The zero-order valence-corrected chi connectivity index (χ0v) is 10.6. The number of benzene rings is 1. The molecule has 0 bridgehead atoms. The zero-order valence-electron chi connectivity index (χ0n) is 10.6. The first-order valence-electron chi connectivity index (χ1n) is 5.79. The number of rotatable bonds is 6. The third-order valence-corrected chi connectivity index (χ3v) is 2.57. The number of hydrogen-bond acceptors (Lipinski definition) is 3. The zero-order chi connectivity index (χ0) is 13.5. The summed E-state index contributed by atoms with van der Waals surface area (Å²) in [6, 6.07) is 5.90. The fraction of sp³-hybridized carbons (Fsp3) is 0.385.